The van der Waals surface area contributed by atoms with Crippen LogP contribution in [0.15, 0.2) is 36.7 Å². The summed E-state index contributed by atoms with van der Waals surface area (Å²) in [6.07, 6.45) is 4.48. The van der Waals surface area contributed by atoms with Crippen LogP contribution in [0.4, 0.5) is 9.18 Å². The van der Waals surface area contributed by atoms with Crippen molar-refractivity contribution in [1.82, 2.24) is 24.7 Å². The van der Waals surface area contributed by atoms with E-state index in [0.717, 1.165) is 31.6 Å². The van der Waals surface area contributed by atoms with Crippen molar-refractivity contribution in [3.8, 4) is 0 Å². The van der Waals surface area contributed by atoms with Gasteiger partial charge in [-0.3, -0.25) is 0 Å². The first-order valence-corrected chi connectivity index (χ1v) is 8.51. The van der Waals surface area contributed by atoms with Gasteiger partial charge in [0.25, 0.3) is 0 Å². The maximum atomic E-state index is 13.3. The van der Waals surface area contributed by atoms with E-state index in [1.165, 1.54) is 12.1 Å². The molecule has 0 radical (unpaired) electrons. The second-order valence-corrected chi connectivity index (χ2v) is 6.47. The molecule has 1 aromatic carbocycles. The first kappa shape index (κ1) is 17.4. The highest BCUT2D eigenvalue weighted by molar-refractivity contribution is 5.75. The Bertz CT molecular complexity index is 715. The number of urea groups is 1. The molecule has 0 bridgehead atoms. The third kappa shape index (κ3) is 4.17. The van der Waals surface area contributed by atoms with Crippen molar-refractivity contribution in [3.05, 3.63) is 53.9 Å². The molecule has 1 N–H and O–H groups in total. The Hall–Kier alpha value is -2.41. The number of aryl methyl sites for hydroxylation is 1. The fourth-order valence-corrected chi connectivity index (χ4v) is 3.07. The number of nitrogens with zero attached hydrogens (tertiary/aromatic N) is 4. The zero-order valence-electron chi connectivity index (χ0n) is 14.7. The van der Waals surface area contributed by atoms with Gasteiger partial charge in [-0.2, -0.15) is 0 Å². The predicted octanol–water partition coefficient (Wildman–Crippen LogP) is 2.00. The van der Waals surface area contributed by atoms with Crippen molar-refractivity contribution in [2.75, 3.05) is 33.2 Å². The summed E-state index contributed by atoms with van der Waals surface area (Å²) >= 11 is 0. The SMILES string of the molecule is CN1CCCN(C(=O)N[C@H](c2ccc(F)cc2)c2nccn2C)CC1. The van der Waals surface area contributed by atoms with E-state index in [-0.39, 0.29) is 11.8 Å². The molecule has 1 atom stereocenters. The minimum atomic E-state index is -0.422. The smallest absolute Gasteiger partial charge is 0.318 e. The second kappa shape index (κ2) is 7.65. The highest BCUT2D eigenvalue weighted by Crippen LogP contribution is 2.21. The quantitative estimate of drug-likeness (QED) is 0.926. The van der Waals surface area contributed by atoms with Crippen molar-refractivity contribution in [2.24, 2.45) is 7.05 Å². The molecule has 2 aromatic rings. The Morgan fingerprint density at radius 3 is 2.60 bits per heavy atom. The molecule has 0 unspecified atom stereocenters. The number of nitrogens with one attached hydrogen (secondary N) is 1. The largest absolute Gasteiger partial charge is 0.336 e. The summed E-state index contributed by atoms with van der Waals surface area (Å²) in [4.78, 5) is 21.2. The molecule has 6 nitrogen and oxygen atoms in total. The van der Waals surface area contributed by atoms with Crippen LogP contribution in [0, 0.1) is 5.82 Å². The van der Waals surface area contributed by atoms with Crippen LogP contribution in [0.1, 0.15) is 23.9 Å². The molecule has 25 heavy (non-hydrogen) atoms. The van der Waals surface area contributed by atoms with Gasteiger partial charge in [0.1, 0.15) is 17.7 Å². The number of aromatic nitrogens is 2. The average Bonchev–Trinajstić information content (AvgIpc) is 2.89. The van der Waals surface area contributed by atoms with Crippen LogP contribution in [-0.4, -0.2) is 58.6 Å². The number of carbonyl (C=O) groups is 1. The van der Waals surface area contributed by atoms with Crippen LogP contribution in [0.3, 0.4) is 0 Å². The summed E-state index contributed by atoms with van der Waals surface area (Å²) in [5.74, 6) is 0.413. The molecule has 0 spiro atoms. The lowest BCUT2D eigenvalue weighted by Crippen LogP contribution is -2.44. The lowest BCUT2D eigenvalue weighted by Gasteiger charge is -2.25. The van der Waals surface area contributed by atoms with Gasteiger partial charge < -0.3 is 19.7 Å². The molecule has 1 aliphatic rings. The molecule has 134 valence electrons. The van der Waals surface area contributed by atoms with Crippen molar-refractivity contribution in [3.63, 3.8) is 0 Å². The van der Waals surface area contributed by atoms with E-state index >= 15 is 0 Å². The molecule has 0 aliphatic carbocycles. The van der Waals surface area contributed by atoms with E-state index in [2.05, 4.69) is 22.2 Å². The van der Waals surface area contributed by atoms with E-state index in [0.29, 0.717) is 12.4 Å². The topological polar surface area (TPSA) is 53.4 Å². The van der Waals surface area contributed by atoms with Crippen molar-refractivity contribution in [1.29, 1.82) is 0 Å². The Labute approximate surface area is 147 Å². The van der Waals surface area contributed by atoms with Crippen LogP contribution >= 0.6 is 0 Å². The molecule has 3 rings (SSSR count). The van der Waals surface area contributed by atoms with Crippen LogP contribution in [0.5, 0.6) is 0 Å². The zero-order chi connectivity index (χ0) is 17.8. The van der Waals surface area contributed by atoms with Gasteiger partial charge in [-0.15, -0.1) is 0 Å². The number of amides is 2. The number of benzene rings is 1. The molecular formula is C18H24FN5O. The fraction of sp³-hybridized carbons (Fsp3) is 0.444. The molecule has 2 heterocycles. The maximum Gasteiger partial charge on any atom is 0.318 e. The summed E-state index contributed by atoms with van der Waals surface area (Å²) in [6.45, 7) is 3.27. The first-order chi connectivity index (χ1) is 12.0. The first-order valence-electron chi connectivity index (χ1n) is 8.51. The molecular weight excluding hydrogens is 321 g/mol. The van der Waals surface area contributed by atoms with Crippen molar-refractivity contribution < 1.29 is 9.18 Å². The van der Waals surface area contributed by atoms with Gasteiger partial charge in [-0.1, -0.05) is 12.1 Å². The zero-order valence-corrected chi connectivity index (χ0v) is 14.7. The van der Waals surface area contributed by atoms with Gasteiger partial charge >= 0.3 is 6.03 Å². The molecule has 1 fully saturated rings. The number of hydrogen-bond donors (Lipinski definition) is 1. The van der Waals surface area contributed by atoms with E-state index in [1.54, 1.807) is 18.3 Å². The predicted molar refractivity (Wildman–Crippen MR) is 93.7 cm³/mol. The number of likely N-dealkylation sites (N-methyl/N-ethyl adjacent to an activating group) is 1. The third-order valence-corrected chi connectivity index (χ3v) is 4.59. The molecule has 2 amide bonds. The summed E-state index contributed by atoms with van der Waals surface area (Å²) in [7, 11) is 3.95. The van der Waals surface area contributed by atoms with Crippen molar-refractivity contribution >= 4 is 6.03 Å². The fourth-order valence-electron chi connectivity index (χ4n) is 3.07. The molecule has 7 heteroatoms. The van der Waals surface area contributed by atoms with E-state index in [4.69, 9.17) is 0 Å². The molecule has 1 saturated heterocycles. The normalized spacial score (nSPS) is 17.2. The van der Waals surface area contributed by atoms with Gasteiger partial charge in [0.05, 0.1) is 0 Å². The Kier molecular flexibility index (Phi) is 5.33. The number of carbonyl (C=O) groups excluding carboxylic acids is 1. The summed E-state index contributed by atoms with van der Waals surface area (Å²) in [5, 5.41) is 3.07. The number of halogens is 1. The monoisotopic (exact) mass is 345 g/mol. The van der Waals surface area contributed by atoms with Crippen LogP contribution in [-0.2, 0) is 7.05 Å². The van der Waals surface area contributed by atoms with Gasteiger partial charge in [-0.25, -0.2) is 14.2 Å². The minimum absolute atomic E-state index is 0.118. The Morgan fingerprint density at radius 2 is 1.92 bits per heavy atom. The third-order valence-electron chi connectivity index (χ3n) is 4.59. The summed E-state index contributed by atoms with van der Waals surface area (Å²) < 4.78 is 15.2. The standard InChI is InChI=1S/C18H24FN5O/c1-22-9-3-10-24(13-12-22)18(25)21-16(17-20-8-11-23(17)2)14-4-6-15(19)7-5-14/h4-8,11,16H,3,9-10,12-13H2,1-2H3,(H,21,25)/t16-/m1/s1. The molecule has 1 aliphatic heterocycles. The van der Waals surface area contributed by atoms with Gasteiger partial charge in [0.2, 0.25) is 0 Å². The Balaban J connectivity index is 1.81. The minimum Gasteiger partial charge on any atom is -0.336 e. The maximum absolute atomic E-state index is 13.3. The van der Waals surface area contributed by atoms with E-state index < -0.39 is 6.04 Å². The highest BCUT2D eigenvalue weighted by Gasteiger charge is 2.24. The molecule has 1 aromatic heterocycles. The second-order valence-electron chi connectivity index (χ2n) is 6.47. The highest BCUT2D eigenvalue weighted by atomic mass is 19.1. The van der Waals surface area contributed by atoms with Crippen molar-refractivity contribution in [2.45, 2.75) is 12.5 Å². The summed E-state index contributed by atoms with van der Waals surface area (Å²) in [6, 6.07) is 5.63. The molecule has 0 saturated carbocycles. The van der Waals surface area contributed by atoms with Gasteiger partial charge in [0.15, 0.2) is 0 Å². The lowest BCUT2D eigenvalue weighted by molar-refractivity contribution is 0.196. The Morgan fingerprint density at radius 1 is 1.16 bits per heavy atom. The number of hydrogen-bond acceptors (Lipinski definition) is 3. The van der Waals surface area contributed by atoms with Gasteiger partial charge in [-0.05, 0) is 37.7 Å². The lowest BCUT2D eigenvalue weighted by atomic mass is 10.1. The van der Waals surface area contributed by atoms with Gasteiger partial charge in [0, 0.05) is 39.1 Å². The van der Waals surface area contributed by atoms with Crippen LogP contribution in [0.2, 0.25) is 0 Å². The van der Waals surface area contributed by atoms with Crippen LogP contribution < -0.4 is 5.32 Å². The van der Waals surface area contributed by atoms with E-state index in [9.17, 15) is 9.18 Å². The number of imidazole rings is 1. The summed E-state index contributed by atoms with van der Waals surface area (Å²) in [5.41, 5.74) is 0.802. The van der Waals surface area contributed by atoms with Crippen LogP contribution in [0.25, 0.3) is 0 Å². The van der Waals surface area contributed by atoms with E-state index in [1.807, 2.05) is 22.7 Å². The number of rotatable bonds is 3. The average molecular weight is 345 g/mol.